The van der Waals surface area contributed by atoms with Crippen molar-refractivity contribution in [3.63, 3.8) is 0 Å². The molecule has 1 saturated heterocycles. The van der Waals surface area contributed by atoms with E-state index in [2.05, 4.69) is 26.2 Å². The van der Waals surface area contributed by atoms with E-state index in [1.807, 2.05) is 13.0 Å². The van der Waals surface area contributed by atoms with Crippen molar-refractivity contribution in [1.82, 2.24) is 4.98 Å². The van der Waals surface area contributed by atoms with Crippen LogP contribution in [0.4, 0.5) is 5.82 Å². The molecular formula is C13H17BrN2O2. The third-order valence-corrected chi connectivity index (χ3v) is 3.84. The van der Waals surface area contributed by atoms with Gasteiger partial charge < -0.3 is 10.1 Å². The summed E-state index contributed by atoms with van der Waals surface area (Å²) in [6.45, 7) is 2.73. The van der Waals surface area contributed by atoms with Crippen molar-refractivity contribution in [2.75, 3.05) is 11.9 Å². The topological polar surface area (TPSA) is 51.2 Å². The predicted octanol–water partition coefficient (Wildman–Crippen LogP) is 3.05. The number of ether oxygens (including phenoxy) is 1. The van der Waals surface area contributed by atoms with Crippen LogP contribution in [-0.4, -0.2) is 23.6 Å². The minimum Gasteiger partial charge on any atom is -0.378 e. The van der Waals surface area contributed by atoms with E-state index < -0.39 is 0 Å². The van der Waals surface area contributed by atoms with Gasteiger partial charge in [0.2, 0.25) is 5.91 Å². The summed E-state index contributed by atoms with van der Waals surface area (Å²) in [4.78, 5) is 16.0. The molecule has 0 radical (unpaired) electrons. The van der Waals surface area contributed by atoms with Gasteiger partial charge in [-0.25, -0.2) is 4.98 Å². The second kappa shape index (κ2) is 6.29. The normalized spacial score (nSPS) is 18.9. The van der Waals surface area contributed by atoms with Crippen molar-refractivity contribution in [1.29, 1.82) is 0 Å². The highest BCUT2D eigenvalue weighted by atomic mass is 79.9. The highest BCUT2D eigenvalue weighted by Crippen LogP contribution is 2.18. The second-order valence-corrected chi connectivity index (χ2v) is 5.34. The molecule has 4 nitrogen and oxygen atoms in total. The molecule has 5 heteroatoms. The average Bonchev–Trinajstić information content (AvgIpc) is 2.84. The van der Waals surface area contributed by atoms with Crippen LogP contribution in [-0.2, 0) is 9.53 Å². The lowest BCUT2D eigenvalue weighted by Crippen LogP contribution is -2.16. The van der Waals surface area contributed by atoms with Gasteiger partial charge in [-0.3, -0.25) is 4.79 Å². The smallest absolute Gasteiger partial charge is 0.225 e. The Labute approximate surface area is 115 Å². The molecule has 1 fully saturated rings. The standard InChI is InChI=1S/C13H17BrN2O2/c1-9-11(14)5-6-12(15-9)16-13(17)7-4-10-3-2-8-18-10/h5-6,10H,2-4,7-8H2,1H3,(H,15,16,17)/t10-/m0/s1. The summed E-state index contributed by atoms with van der Waals surface area (Å²) in [6, 6.07) is 3.68. The van der Waals surface area contributed by atoms with Crippen LogP contribution in [0.1, 0.15) is 31.4 Å². The molecule has 2 rings (SSSR count). The number of rotatable bonds is 4. The van der Waals surface area contributed by atoms with Gasteiger partial charge in [0, 0.05) is 17.5 Å². The number of hydrogen-bond acceptors (Lipinski definition) is 3. The van der Waals surface area contributed by atoms with E-state index in [-0.39, 0.29) is 12.0 Å². The molecule has 98 valence electrons. The lowest BCUT2D eigenvalue weighted by Gasteiger charge is -2.09. The van der Waals surface area contributed by atoms with Gasteiger partial charge >= 0.3 is 0 Å². The molecule has 1 N–H and O–H groups in total. The number of nitrogens with one attached hydrogen (secondary N) is 1. The third kappa shape index (κ3) is 3.78. The Bertz CT molecular complexity index is 431. The number of amides is 1. The minimum atomic E-state index is -0.000257. The summed E-state index contributed by atoms with van der Waals surface area (Å²) in [5, 5.41) is 2.81. The fraction of sp³-hybridized carbons (Fsp3) is 0.538. The highest BCUT2D eigenvalue weighted by molar-refractivity contribution is 9.10. The predicted molar refractivity (Wildman–Crippen MR) is 73.5 cm³/mol. The van der Waals surface area contributed by atoms with Gasteiger partial charge in [0.15, 0.2) is 0 Å². The molecule has 0 unspecified atom stereocenters. The molecule has 0 aliphatic carbocycles. The summed E-state index contributed by atoms with van der Waals surface area (Å²) in [5.41, 5.74) is 0.868. The maximum Gasteiger partial charge on any atom is 0.225 e. The molecule has 2 heterocycles. The Hall–Kier alpha value is -0.940. The maximum absolute atomic E-state index is 11.7. The first-order chi connectivity index (χ1) is 8.65. The molecule has 0 saturated carbocycles. The Balaban J connectivity index is 1.80. The van der Waals surface area contributed by atoms with Crippen molar-refractivity contribution in [3.8, 4) is 0 Å². The van der Waals surface area contributed by atoms with E-state index in [0.29, 0.717) is 12.2 Å². The molecule has 1 aromatic rings. The van der Waals surface area contributed by atoms with Crippen molar-refractivity contribution in [3.05, 3.63) is 22.3 Å². The number of nitrogens with zero attached hydrogens (tertiary/aromatic N) is 1. The number of anilines is 1. The SMILES string of the molecule is Cc1nc(NC(=O)CC[C@@H]2CCCO2)ccc1Br. The van der Waals surface area contributed by atoms with Gasteiger partial charge in [0.25, 0.3) is 0 Å². The quantitative estimate of drug-likeness (QED) is 0.929. The minimum absolute atomic E-state index is 0.000257. The van der Waals surface area contributed by atoms with Crippen LogP contribution in [0, 0.1) is 6.92 Å². The molecule has 1 amide bonds. The van der Waals surface area contributed by atoms with E-state index in [0.717, 1.165) is 36.0 Å². The highest BCUT2D eigenvalue weighted by Gasteiger charge is 2.16. The summed E-state index contributed by atoms with van der Waals surface area (Å²) in [7, 11) is 0. The van der Waals surface area contributed by atoms with Crippen LogP contribution in [0.25, 0.3) is 0 Å². The Morgan fingerprint density at radius 2 is 2.44 bits per heavy atom. The lowest BCUT2D eigenvalue weighted by molar-refractivity contribution is -0.116. The zero-order valence-electron chi connectivity index (χ0n) is 10.4. The fourth-order valence-electron chi connectivity index (χ4n) is 1.98. The van der Waals surface area contributed by atoms with Crippen LogP contribution in [0.3, 0.4) is 0 Å². The van der Waals surface area contributed by atoms with Crippen molar-refractivity contribution < 1.29 is 9.53 Å². The van der Waals surface area contributed by atoms with E-state index in [9.17, 15) is 4.79 Å². The van der Waals surface area contributed by atoms with E-state index in [1.165, 1.54) is 0 Å². The van der Waals surface area contributed by atoms with Crippen molar-refractivity contribution in [2.24, 2.45) is 0 Å². The first kappa shape index (κ1) is 13.5. The van der Waals surface area contributed by atoms with Crippen LogP contribution in [0.15, 0.2) is 16.6 Å². The van der Waals surface area contributed by atoms with E-state index in [4.69, 9.17) is 4.74 Å². The zero-order valence-corrected chi connectivity index (χ0v) is 12.0. The second-order valence-electron chi connectivity index (χ2n) is 4.49. The number of aromatic nitrogens is 1. The monoisotopic (exact) mass is 312 g/mol. The summed E-state index contributed by atoms with van der Waals surface area (Å²) >= 11 is 3.38. The van der Waals surface area contributed by atoms with Crippen LogP contribution < -0.4 is 5.32 Å². The van der Waals surface area contributed by atoms with E-state index in [1.54, 1.807) is 6.07 Å². The Morgan fingerprint density at radius 1 is 1.61 bits per heavy atom. The number of hydrogen-bond donors (Lipinski definition) is 1. The molecule has 0 spiro atoms. The van der Waals surface area contributed by atoms with Crippen LogP contribution in [0.5, 0.6) is 0 Å². The third-order valence-electron chi connectivity index (χ3n) is 3.01. The molecule has 18 heavy (non-hydrogen) atoms. The first-order valence-electron chi connectivity index (χ1n) is 6.20. The molecule has 1 aliphatic heterocycles. The lowest BCUT2D eigenvalue weighted by atomic mass is 10.1. The number of carbonyl (C=O) groups is 1. The molecule has 1 aliphatic rings. The van der Waals surface area contributed by atoms with Crippen LogP contribution >= 0.6 is 15.9 Å². The number of aryl methyl sites for hydroxylation is 1. The van der Waals surface area contributed by atoms with Gasteiger partial charge in [-0.1, -0.05) is 0 Å². The van der Waals surface area contributed by atoms with E-state index >= 15 is 0 Å². The zero-order chi connectivity index (χ0) is 13.0. The van der Waals surface area contributed by atoms with Crippen molar-refractivity contribution in [2.45, 2.75) is 38.7 Å². The first-order valence-corrected chi connectivity index (χ1v) is 6.99. The molecule has 0 bridgehead atoms. The molecule has 0 aromatic carbocycles. The Kier molecular flexibility index (Phi) is 4.72. The molecule has 1 aromatic heterocycles. The van der Waals surface area contributed by atoms with Gasteiger partial charge in [-0.05, 0) is 54.2 Å². The average molecular weight is 313 g/mol. The summed E-state index contributed by atoms with van der Waals surface area (Å²) < 4.78 is 6.43. The van der Waals surface area contributed by atoms with Gasteiger partial charge in [-0.2, -0.15) is 0 Å². The van der Waals surface area contributed by atoms with Gasteiger partial charge in [0.1, 0.15) is 5.82 Å². The van der Waals surface area contributed by atoms with Gasteiger partial charge in [-0.15, -0.1) is 0 Å². The molecular weight excluding hydrogens is 296 g/mol. The fourth-order valence-corrected chi connectivity index (χ4v) is 2.20. The maximum atomic E-state index is 11.7. The number of halogens is 1. The van der Waals surface area contributed by atoms with Crippen LogP contribution in [0.2, 0.25) is 0 Å². The van der Waals surface area contributed by atoms with Gasteiger partial charge in [0.05, 0.1) is 11.8 Å². The largest absolute Gasteiger partial charge is 0.378 e. The van der Waals surface area contributed by atoms with Crippen molar-refractivity contribution >= 4 is 27.7 Å². The summed E-state index contributed by atoms with van der Waals surface area (Å²) in [5.74, 6) is 0.604. The Morgan fingerprint density at radius 3 is 3.11 bits per heavy atom. The molecule has 1 atom stereocenters. The number of carbonyl (C=O) groups excluding carboxylic acids is 1. The summed E-state index contributed by atoms with van der Waals surface area (Å²) in [6.07, 6.45) is 3.72. The number of pyridine rings is 1.